The largest absolute Gasteiger partial charge is 0.446 e. The summed E-state index contributed by atoms with van der Waals surface area (Å²) in [6.07, 6.45) is 5.57. The average Bonchev–Trinajstić information content (AvgIpc) is 2.76. The molecule has 0 amide bonds. The summed E-state index contributed by atoms with van der Waals surface area (Å²) in [5.41, 5.74) is 7.76. The number of furan rings is 1. The second-order valence-corrected chi connectivity index (χ2v) is 3.66. The summed E-state index contributed by atoms with van der Waals surface area (Å²) in [6, 6.07) is 3.92. The Morgan fingerprint density at radius 3 is 3.08 bits per heavy atom. The van der Waals surface area contributed by atoms with Crippen LogP contribution < -0.4 is 5.73 Å². The van der Waals surface area contributed by atoms with Gasteiger partial charge in [0.1, 0.15) is 0 Å². The first-order valence-corrected chi connectivity index (χ1v) is 4.41. The fraction of sp³-hybridized carbons (Fsp3) is 0.300. The standard InChI is InChI=1S/C10H10N2O/c11-10(3-4-10)8-6-13-9-7(8)2-1-5-12-9/h1-2,5-6H,3-4,11H2. The summed E-state index contributed by atoms with van der Waals surface area (Å²) in [5, 5.41) is 1.06. The Balaban J connectivity index is 2.30. The van der Waals surface area contributed by atoms with Gasteiger partial charge in [0.2, 0.25) is 5.71 Å². The van der Waals surface area contributed by atoms with Gasteiger partial charge in [-0.05, 0) is 25.0 Å². The Labute approximate surface area is 75.6 Å². The number of rotatable bonds is 1. The normalized spacial score (nSPS) is 19.2. The average molecular weight is 174 g/mol. The van der Waals surface area contributed by atoms with Gasteiger partial charge in [-0.3, -0.25) is 0 Å². The molecule has 1 aliphatic carbocycles. The summed E-state index contributed by atoms with van der Waals surface area (Å²) < 4.78 is 5.32. The smallest absolute Gasteiger partial charge is 0.226 e. The maximum atomic E-state index is 6.09. The summed E-state index contributed by atoms with van der Waals surface area (Å²) >= 11 is 0. The zero-order valence-electron chi connectivity index (χ0n) is 7.16. The molecule has 0 aromatic carbocycles. The second-order valence-electron chi connectivity index (χ2n) is 3.66. The first kappa shape index (κ1) is 7.09. The van der Waals surface area contributed by atoms with Crippen LogP contribution in [0.1, 0.15) is 18.4 Å². The highest BCUT2D eigenvalue weighted by Gasteiger charge is 2.42. The van der Waals surface area contributed by atoms with Crippen molar-refractivity contribution in [1.82, 2.24) is 4.98 Å². The van der Waals surface area contributed by atoms with Crippen LogP contribution in [0.3, 0.4) is 0 Å². The highest BCUT2D eigenvalue weighted by atomic mass is 16.3. The molecule has 3 nitrogen and oxygen atoms in total. The van der Waals surface area contributed by atoms with Gasteiger partial charge >= 0.3 is 0 Å². The van der Waals surface area contributed by atoms with Crippen LogP contribution in [-0.2, 0) is 5.54 Å². The highest BCUT2D eigenvalue weighted by molar-refractivity contribution is 5.79. The molecule has 0 bridgehead atoms. The molecule has 2 aromatic rings. The van der Waals surface area contributed by atoms with E-state index in [4.69, 9.17) is 10.2 Å². The predicted octanol–water partition coefficient (Wildman–Crippen LogP) is 1.78. The third-order valence-corrected chi connectivity index (χ3v) is 2.67. The number of fused-ring (bicyclic) bond motifs is 1. The lowest BCUT2D eigenvalue weighted by Crippen LogP contribution is -2.17. The van der Waals surface area contributed by atoms with E-state index < -0.39 is 0 Å². The molecule has 0 aliphatic heterocycles. The van der Waals surface area contributed by atoms with Crippen LogP contribution >= 0.6 is 0 Å². The third kappa shape index (κ3) is 0.906. The van der Waals surface area contributed by atoms with Crippen LogP contribution in [-0.4, -0.2) is 4.98 Å². The quantitative estimate of drug-likeness (QED) is 0.716. The first-order valence-electron chi connectivity index (χ1n) is 4.41. The lowest BCUT2D eigenvalue weighted by atomic mass is 10.1. The van der Waals surface area contributed by atoms with Crippen molar-refractivity contribution < 1.29 is 4.42 Å². The minimum Gasteiger partial charge on any atom is -0.446 e. The minimum atomic E-state index is -0.131. The molecule has 3 heteroatoms. The Morgan fingerprint density at radius 1 is 1.46 bits per heavy atom. The Kier molecular flexibility index (Phi) is 1.15. The summed E-state index contributed by atoms with van der Waals surface area (Å²) in [7, 11) is 0. The third-order valence-electron chi connectivity index (χ3n) is 2.67. The van der Waals surface area contributed by atoms with Crippen LogP contribution in [0.2, 0.25) is 0 Å². The van der Waals surface area contributed by atoms with Crippen LogP contribution in [0.25, 0.3) is 11.1 Å². The molecule has 0 spiro atoms. The number of hydrogen-bond acceptors (Lipinski definition) is 3. The molecule has 0 atom stereocenters. The molecule has 0 saturated heterocycles. The fourth-order valence-electron chi connectivity index (χ4n) is 1.66. The van der Waals surface area contributed by atoms with Crippen molar-refractivity contribution in [2.75, 3.05) is 0 Å². The molecule has 0 unspecified atom stereocenters. The zero-order chi connectivity index (χ0) is 8.89. The van der Waals surface area contributed by atoms with Crippen molar-refractivity contribution in [3.63, 3.8) is 0 Å². The SMILES string of the molecule is NC1(c2coc3ncccc23)CC1. The van der Waals surface area contributed by atoms with Gasteiger partial charge in [0.25, 0.3) is 0 Å². The molecule has 0 radical (unpaired) electrons. The molecule has 2 aromatic heterocycles. The van der Waals surface area contributed by atoms with Gasteiger partial charge in [0, 0.05) is 22.7 Å². The van der Waals surface area contributed by atoms with Crippen LogP contribution in [0.4, 0.5) is 0 Å². The van der Waals surface area contributed by atoms with Gasteiger partial charge in [0.05, 0.1) is 6.26 Å². The topological polar surface area (TPSA) is 52.0 Å². The monoisotopic (exact) mass is 174 g/mol. The number of pyridine rings is 1. The Bertz CT molecular complexity index is 457. The van der Waals surface area contributed by atoms with Gasteiger partial charge < -0.3 is 10.2 Å². The fourth-order valence-corrected chi connectivity index (χ4v) is 1.66. The lowest BCUT2D eigenvalue weighted by molar-refractivity contribution is 0.588. The van der Waals surface area contributed by atoms with Crippen molar-refractivity contribution in [1.29, 1.82) is 0 Å². The molecule has 1 aliphatic rings. The van der Waals surface area contributed by atoms with E-state index in [1.807, 2.05) is 12.1 Å². The van der Waals surface area contributed by atoms with E-state index in [9.17, 15) is 0 Å². The maximum Gasteiger partial charge on any atom is 0.226 e. The van der Waals surface area contributed by atoms with Crippen molar-refractivity contribution in [2.45, 2.75) is 18.4 Å². The van der Waals surface area contributed by atoms with Gasteiger partial charge in [-0.25, -0.2) is 4.98 Å². The van der Waals surface area contributed by atoms with Crippen LogP contribution in [0, 0.1) is 0 Å². The molecule has 66 valence electrons. The van der Waals surface area contributed by atoms with E-state index in [-0.39, 0.29) is 5.54 Å². The number of nitrogens with zero attached hydrogens (tertiary/aromatic N) is 1. The van der Waals surface area contributed by atoms with Gasteiger partial charge in [-0.1, -0.05) is 0 Å². The van der Waals surface area contributed by atoms with Crippen molar-refractivity contribution in [3.05, 3.63) is 30.2 Å². The molecule has 2 N–H and O–H groups in total. The van der Waals surface area contributed by atoms with Gasteiger partial charge in [-0.2, -0.15) is 0 Å². The molecule has 2 heterocycles. The van der Waals surface area contributed by atoms with Crippen molar-refractivity contribution >= 4 is 11.1 Å². The lowest BCUT2D eigenvalue weighted by Gasteiger charge is -2.03. The summed E-state index contributed by atoms with van der Waals surface area (Å²) in [6.45, 7) is 0. The predicted molar refractivity (Wildman–Crippen MR) is 49.1 cm³/mol. The Morgan fingerprint density at radius 2 is 2.31 bits per heavy atom. The van der Waals surface area contributed by atoms with E-state index in [1.165, 1.54) is 0 Å². The molecule has 1 saturated carbocycles. The van der Waals surface area contributed by atoms with Crippen LogP contribution in [0.15, 0.2) is 29.0 Å². The van der Waals surface area contributed by atoms with E-state index in [0.717, 1.165) is 23.8 Å². The molecular formula is C10H10N2O. The highest BCUT2D eigenvalue weighted by Crippen LogP contribution is 2.45. The molecule has 3 rings (SSSR count). The Hall–Kier alpha value is -1.35. The molecular weight excluding hydrogens is 164 g/mol. The maximum absolute atomic E-state index is 6.09. The summed E-state index contributed by atoms with van der Waals surface area (Å²) in [4.78, 5) is 4.12. The number of hydrogen-bond donors (Lipinski definition) is 1. The number of nitrogens with two attached hydrogens (primary N) is 1. The minimum absolute atomic E-state index is 0.131. The van der Waals surface area contributed by atoms with E-state index in [2.05, 4.69) is 4.98 Å². The van der Waals surface area contributed by atoms with Crippen molar-refractivity contribution in [2.24, 2.45) is 5.73 Å². The molecule has 13 heavy (non-hydrogen) atoms. The zero-order valence-corrected chi connectivity index (χ0v) is 7.16. The van der Waals surface area contributed by atoms with E-state index in [0.29, 0.717) is 5.71 Å². The summed E-state index contributed by atoms with van der Waals surface area (Å²) in [5.74, 6) is 0. The van der Waals surface area contributed by atoms with Gasteiger partial charge in [0.15, 0.2) is 0 Å². The first-order chi connectivity index (χ1) is 6.30. The molecule has 1 fully saturated rings. The van der Waals surface area contributed by atoms with Crippen LogP contribution in [0.5, 0.6) is 0 Å². The van der Waals surface area contributed by atoms with Crippen molar-refractivity contribution in [3.8, 4) is 0 Å². The van der Waals surface area contributed by atoms with Gasteiger partial charge in [-0.15, -0.1) is 0 Å². The van der Waals surface area contributed by atoms with E-state index >= 15 is 0 Å². The van der Waals surface area contributed by atoms with E-state index in [1.54, 1.807) is 12.5 Å². The number of aromatic nitrogens is 1. The second kappa shape index (κ2) is 2.12.